The van der Waals surface area contributed by atoms with E-state index in [-0.39, 0.29) is 0 Å². The Kier molecular flexibility index (Phi) is 7.29. The van der Waals surface area contributed by atoms with Crippen molar-refractivity contribution in [3.05, 3.63) is 183 Å². The van der Waals surface area contributed by atoms with Gasteiger partial charge in [0.25, 0.3) is 5.95 Å². The molecule has 0 fully saturated rings. The fraction of sp³-hybridized carbons (Fsp3) is 0. The summed E-state index contributed by atoms with van der Waals surface area (Å²) in [6.07, 6.45) is 6.85. The van der Waals surface area contributed by atoms with Crippen LogP contribution in [-0.4, -0.2) is 38.9 Å². The number of fused-ring (bicyclic) bond motifs is 9. The van der Waals surface area contributed by atoms with Gasteiger partial charge in [0.05, 0.1) is 45.5 Å². The number of nitrogens with zero attached hydrogens (tertiary/aromatic N) is 8. The number of para-hydroxylation sites is 2. The molecule has 12 aromatic rings. The Labute approximate surface area is 335 Å². The van der Waals surface area contributed by atoms with Crippen LogP contribution in [0.25, 0.3) is 83.0 Å². The van der Waals surface area contributed by atoms with Crippen LogP contribution in [-0.2, 0) is 0 Å². The highest BCUT2D eigenvalue weighted by atomic mass is 16.5. The van der Waals surface area contributed by atoms with Crippen molar-refractivity contribution in [3.8, 4) is 40.6 Å². The van der Waals surface area contributed by atoms with E-state index in [1.165, 1.54) is 0 Å². The lowest BCUT2D eigenvalue weighted by Crippen LogP contribution is -2.01. The predicted octanol–water partition coefficient (Wildman–Crippen LogP) is 11.5. The van der Waals surface area contributed by atoms with E-state index >= 15 is 0 Å². The van der Waals surface area contributed by atoms with E-state index in [0.29, 0.717) is 28.9 Å². The van der Waals surface area contributed by atoms with Gasteiger partial charge in [0, 0.05) is 69.0 Å². The number of hydrogen-bond acceptors (Lipinski definition) is 7. The molecule has 6 aromatic carbocycles. The van der Waals surface area contributed by atoms with Gasteiger partial charge in [0.2, 0.25) is 0 Å². The van der Waals surface area contributed by atoms with Crippen molar-refractivity contribution in [3.63, 3.8) is 0 Å². The maximum atomic E-state index is 6.63. The molecule has 0 atom stereocenters. The molecule has 0 radical (unpaired) electrons. The number of ether oxygens (including phenoxy) is 2. The average molecular weight is 763 g/mol. The molecule has 278 valence electrons. The highest BCUT2D eigenvalue weighted by Gasteiger charge is 2.19. The van der Waals surface area contributed by atoms with Crippen molar-refractivity contribution in [1.82, 2.24) is 38.9 Å². The van der Waals surface area contributed by atoms with Crippen molar-refractivity contribution in [2.75, 3.05) is 0 Å². The summed E-state index contributed by atoms with van der Waals surface area (Å²) in [5.74, 6) is 4.85. The summed E-state index contributed by atoms with van der Waals surface area (Å²) < 4.78 is 19.6. The van der Waals surface area contributed by atoms with E-state index in [0.717, 1.165) is 77.1 Å². The quantitative estimate of drug-likeness (QED) is 0.159. The maximum absolute atomic E-state index is 6.63. The summed E-state index contributed by atoms with van der Waals surface area (Å²) in [6.45, 7) is 0. The van der Waals surface area contributed by atoms with Crippen LogP contribution in [0, 0.1) is 0 Å². The van der Waals surface area contributed by atoms with Gasteiger partial charge in [0.1, 0.15) is 34.6 Å². The third-order valence-corrected chi connectivity index (χ3v) is 10.9. The molecule has 59 heavy (non-hydrogen) atoms. The number of hydrogen-bond donors (Lipinski definition) is 0. The second-order valence-corrected chi connectivity index (χ2v) is 14.3. The largest absolute Gasteiger partial charge is 0.457 e. The van der Waals surface area contributed by atoms with Gasteiger partial charge in [-0.25, -0.2) is 15.0 Å². The molecule has 6 heterocycles. The molecule has 10 nitrogen and oxygen atoms in total. The Morgan fingerprint density at radius 2 is 0.729 bits per heavy atom. The normalized spacial score (nSPS) is 11.7. The third-order valence-electron chi connectivity index (χ3n) is 10.9. The van der Waals surface area contributed by atoms with Crippen LogP contribution in [0.1, 0.15) is 0 Å². The van der Waals surface area contributed by atoms with Crippen molar-refractivity contribution in [2.45, 2.75) is 0 Å². The number of benzene rings is 6. The van der Waals surface area contributed by atoms with Gasteiger partial charge in [-0.1, -0.05) is 48.5 Å². The molecule has 0 aliphatic carbocycles. The average Bonchev–Trinajstić information content (AvgIpc) is 3.92. The predicted molar refractivity (Wildman–Crippen MR) is 231 cm³/mol. The van der Waals surface area contributed by atoms with Gasteiger partial charge in [-0.2, -0.15) is 5.10 Å². The van der Waals surface area contributed by atoms with Crippen LogP contribution in [0.2, 0.25) is 0 Å². The molecule has 0 aliphatic rings. The lowest BCUT2D eigenvalue weighted by Gasteiger charge is -2.10. The van der Waals surface area contributed by atoms with Crippen molar-refractivity contribution >= 4 is 65.4 Å². The van der Waals surface area contributed by atoms with E-state index in [4.69, 9.17) is 9.47 Å². The number of rotatable bonds is 7. The van der Waals surface area contributed by atoms with Gasteiger partial charge < -0.3 is 9.47 Å². The Morgan fingerprint density at radius 3 is 1.14 bits per heavy atom. The zero-order valence-corrected chi connectivity index (χ0v) is 31.2. The summed E-state index contributed by atoms with van der Waals surface area (Å²) in [4.78, 5) is 14.0. The maximum Gasteiger partial charge on any atom is 0.254 e. The zero-order valence-electron chi connectivity index (χ0n) is 31.2. The van der Waals surface area contributed by atoms with Crippen molar-refractivity contribution < 1.29 is 9.47 Å². The fourth-order valence-corrected chi connectivity index (χ4v) is 8.43. The molecule has 0 saturated carbocycles. The molecule has 10 heteroatoms. The number of aromatic nitrogens is 8. The molecule has 0 N–H and O–H groups in total. The molecule has 0 unspecified atom stereocenters. The molecule has 0 bridgehead atoms. The first-order valence-electron chi connectivity index (χ1n) is 19.2. The van der Waals surface area contributed by atoms with Crippen molar-refractivity contribution in [2.24, 2.45) is 0 Å². The van der Waals surface area contributed by atoms with Gasteiger partial charge in [-0.05, 0) is 84.9 Å². The van der Waals surface area contributed by atoms with Gasteiger partial charge >= 0.3 is 0 Å². The molecule has 0 amide bonds. The Bertz CT molecular complexity index is 3340. The fourth-order valence-electron chi connectivity index (χ4n) is 8.43. The van der Waals surface area contributed by atoms with Gasteiger partial charge in [-0.3, -0.25) is 13.7 Å². The monoisotopic (exact) mass is 762 g/mol. The standard InChI is InChI=1S/C49H30N8O2/c1-3-11-41-35(9-1)37-19-15-31(27-43(37)55(41)47-13-5-7-23-50-47)58-33-17-21-39-40-22-18-34(30-46(40)57(45(39)29-33)49-52-25-26-53-54-49)59-32-16-20-38-36-10-2-4-12-42(36)56(44(38)28-32)48-14-6-8-24-51-48/h1-30H. The van der Waals surface area contributed by atoms with Crippen LogP contribution in [0.4, 0.5) is 0 Å². The molecular weight excluding hydrogens is 733 g/mol. The van der Waals surface area contributed by atoms with E-state index < -0.39 is 0 Å². The summed E-state index contributed by atoms with van der Waals surface area (Å²) in [5.41, 5.74) is 5.91. The minimum atomic E-state index is 0.435. The van der Waals surface area contributed by atoms with E-state index in [2.05, 4.69) is 119 Å². The molecule has 6 aromatic heterocycles. The number of pyridine rings is 2. The van der Waals surface area contributed by atoms with Gasteiger partial charge in [0.15, 0.2) is 0 Å². The van der Waals surface area contributed by atoms with Crippen LogP contribution < -0.4 is 9.47 Å². The van der Waals surface area contributed by atoms with Crippen LogP contribution in [0.3, 0.4) is 0 Å². The lowest BCUT2D eigenvalue weighted by atomic mass is 10.1. The molecule has 12 rings (SSSR count). The molecule has 0 saturated heterocycles. The van der Waals surface area contributed by atoms with E-state index in [1.54, 1.807) is 12.4 Å². The van der Waals surface area contributed by atoms with Crippen LogP contribution >= 0.6 is 0 Å². The minimum absolute atomic E-state index is 0.435. The second kappa shape index (κ2) is 13.1. The Hall–Kier alpha value is -8.37. The first kappa shape index (κ1) is 32.8. The first-order chi connectivity index (χ1) is 29.2. The Morgan fingerprint density at radius 1 is 0.322 bits per heavy atom. The van der Waals surface area contributed by atoms with E-state index in [9.17, 15) is 0 Å². The molecule has 0 aliphatic heterocycles. The highest BCUT2D eigenvalue weighted by molar-refractivity contribution is 6.11. The Balaban J connectivity index is 0.955. The first-order valence-corrected chi connectivity index (χ1v) is 19.2. The molecule has 0 spiro atoms. The topological polar surface area (TPSA) is 97.7 Å². The zero-order chi connectivity index (χ0) is 38.9. The summed E-state index contributed by atoms with van der Waals surface area (Å²) in [5, 5.41) is 15.2. The van der Waals surface area contributed by atoms with Crippen molar-refractivity contribution in [1.29, 1.82) is 0 Å². The summed E-state index contributed by atoms with van der Waals surface area (Å²) in [7, 11) is 0. The van der Waals surface area contributed by atoms with Crippen LogP contribution in [0.5, 0.6) is 23.0 Å². The van der Waals surface area contributed by atoms with Gasteiger partial charge in [-0.15, -0.1) is 5.10 Å². The minimum Gasteiger partial charge on any atom is -0.457 e. The third kappa shape index (κ3) is 5.31. The van der Waals surface area contributed by atoms with E-state index in [1.807, 2.05) is 89.8 Å². The SMILES string of the molecule is c1ccc(-n2c3ccccc3c3ccc(Oc4ccc5c6ccc(Oc7ccc8c9ccccc9n(-c9ccccn9)c8c7)cc6n(-c6nccnn6)c5c4)cc32)nc1. The highest BCUT2D eigenvalue weighted by Crippen LogP contribution is 2.40. The molecular formula is C49H30N8O2. The lowest BCUT2D eigenvalue weighted by molar-refractivity contribution is 0.484. The summed E-state index contributed by atoms with van der Waals surface area (Å²) >= 11 is 0. The second-order valence-electron chi connectivity index (χ2n) is 14.3. The van der Waals surface area contributed by atoms with Crippen LogP contribution in [0.15, 0.2) is 183 Å². The summed E-state index contributed by atoms with van der Waals surface area (Å²) in [6, 6.07) is 53.2. The smallest absolute Gasteiger partial charge is 0.254 e.